The average Bonchev–Trinajstić information content (AvgIpc) is 1.80. The van der Waals surface area contributed by atoms with Gasteiger partial charge in [0.1, 0.15) is 0 Å². The van der Waals surface area contributed by atoms with Gasteiger partial charge in [-0.15, -0.1) is 0 Å². The van der Waals surface area contributed by atoms with E-state index in [1.54, 1.807) is 0 Å². The van der Waals surface area contributed by atoms with Crippen LogP contribution in [0.5, 0.6) is 0 Å². The smallest absolute Gasteiger partial charge is 0.308 e. The van der Waals surface area contributed by atoms with Crippen molar-refractivity contribution in [2.75, 3.05) is 13.2 Å². The number of aliphatic hydroxyl groups excluding tert-OH is 1. The molecule has 0 heterocycles. The Morgan fingerprint density at radius 1 is 1.67 bits per heavy atom. The molecule has 0 aliphatic heterocycles. The zero-order chi connectivity index (χ0) is 7.11. The molecule has 0 aliphatic rings. The topological polar surface area (TPSA) is 69.9 Å². The van der Waals surface area contributed by atoms with Gasteiger partial charge < -0.3 is 10.2 Å². The van der Waals surface area contributed by atoms with Gasteiger partial charge in [-0.3, -0.25) is 9.79 Å². The van der Waals surface area contributed by atoms with Gasteiger partial charge in [0, 0.05) is 6.21 Å². The fourth-order valence-electron chi connectivity index (χ4n) is 0.292. The van der Waals surface area contributed by atoms with Crippen LogP contribution in [-0.2, 0) is 4.79 Å². The molecule has 0 saturated heterocycles. The molecule has 0 saturated carbocycles. The van der Waals surface area contributed by atoms with Crippen LogP contribution in [0.25, 0.3) is 0 Å². The summed E-state index contributed by atoms with van der Waals surface area (Å²) in [7, 11) is 0. The molecular weight excluding hydrogens is 122 g/mol. The third-order valence-corrected chi connectivity index (χ3v) is 0.624. The second kappa shape index (κ2) is 5.24. The molecule has 0 aliphatic carbocycles. The molecule has 0 fully saturated rings. The molecule has 9 heavy (non-hydrogen) atoms. The Hall–Kier alpha value is -0.900. The summed E-state index contributed by atoms with van der Waals surface area (Å²) in [6.45, 7) is 0.253. The maximum atomic E-state index is 9.81. The van der Waals surface area contributed by atoms with Crippen LogP contribution >= 0.6 is 0 Å². The molecule has 4 nitrogen and oxygen atoms in total. The van der Waals surface area contributed by atoms with Crippen molar-refractivity contribution < 1.29 is 15.0 Å². The minimum absolute atomic E-state index is 0.0316. The van der Waals surface area contributed by atoms with Crippen LogP contribution in [-0.4, -0.2) is 35.5 Å². The molecule has 0 aromatic heterocycles. The first-order valence-electron chi connectivity index (χ1n) is 2.58. The molecule has 0 bridgehead atoms. The number of hydrogen-bond donors (Lipinski definition) is 2. The van der Waals surface area contributed by atoms with E-state index in [-0.39, 0.29) is 19.6 Å². The van der Waals surface area contributed by atoms with E-state index in [9.17, 15) is 4.79 Å². The fourth-order valence-corrected chi connectivity index (χ4v) is 0.292. The molecule has 0 aromatic rings. The summed E-state index contributed by atoms with van der Waals surface area (Å²) < 4.78 is 0. The highest BCUT2D eigenvalue weighted by Crippen LogP contribution is 1.73. The number of carboxylic acid groups (broad SMARTS) is 1. The first-order valence-corrected chi connectivity index (χ1v) is 2.58. The highest BCUT2D eigenvalue weighted by atomic mass is 16.4. The normalized spacial score (nSPS) is 10.3. The van der Waals surface area contributed by atoms with Gasteiger partial charge in [0.2, 0.25) is 0 Å². The lowest BCUT2D eigenvalue weighted by Crippen LogP contribution is -1.95. The Bertz CT molecular complexity index is 111. The Labute approximate surface area is 52.8 Å². The monoisotopic (exact) mass is 131 g/mol. The van der Waals surface area contributed by atoms with Gasteiger partial charge in [-0.25, -0.2) is 0 Å². The Kier molecular flexibility index (Phi) is 4.72. The molecule has 0 atom stereocenters. The van der Waals surface area contributed by atoms with Crippen molar-refractivity contribution in [3.63, 3.8) is 0 Å². The standard InChI is InChI=1S/C5H9NO3/c7-4-3-6-2-1-5(8)9/h2,7H,1,3-4H2,(H,8,9). The van der Waals surface area contributed by atoms with Gasteiger partial charge in [-0.2, -0.15) is 0 Å². The lowest BCUT2D eigenvalue weighted by molar-refractivity contribution is -0.135. The number of rotatable bonds is 4. The fraction of sp³-hybridized carbons (Fsp3) is 0.600. The van der Waals surface area contributed by atoms with Crippen molar-refractivity contribution in [2.24, 2.45) is 4.99 Å². The third kappa shape index (κ3) is 7.10. The quantitative estimate of drug-likeness (QED) is 0.506. The molecule has 0 spiro atoms. The second-order valence-corrected chi connectivity index (χ2v) is 1.41. The summed E-state index contributed by atoms with van der Waals surface area (Å²) in [4.78, 5) is 13.4. The van der Waals surface area contributed by atoms with Gasteiger partial charge in [-0.05, 0) is 0 Å². The Morgan fingerprint density at radius 2 is 2.33 bits per heavy atom. The highest BCUT2D eigenvalue weighted by Gasteiger charge is 1.88. The van der Waals surface area contributed by atoms with Gasteiger partial charge in [0.15, 0.2) is 0 Å². The summed E-state index contributed by atoms with van der Waals surface area (Å²) in [5.41, 5.74) is 0. The largest absolute Gasteiger partial charge is 0.481 e. The van der Waals surface area contributed by atoms with Gasteiger partial charge >= 0.3 is 5.97 Å². The molecular formula is C5H9NO3. The van der Waals surface area contributed by atoms with Crippen molar-refractivity contribution in [1.82, 2.24) is 0 Å². The van der Waals surface area contributed by atoms with Gasteiger partial charge in [0.05, 0.1) is 19.6 Å². The summed E-state index contributed by atoms with van der Waals surface area (Å²) in [5, 5.41) is 16.2. The lowest BCUT2D eigenvalue weighted by Gasteiger charge is -1.83. The summed E-state index contributed by atoms with van der Waals surface area (Å²) in [6.07, 6.45) is 1.21. The molecule has 52 valence electrons. The number of aliphatic imine (C=N–C) groups is 1. The molecule has 0 aromatic carbocycles. The van der Waals surface area contributed by atoms with Gasteiger partial charge in [-0.1, -0.05) is 0 Å². The van der Waals surface area contributed by atoms with Crippen molar-refractivity contribution in [3.8, 4) is 0 Å². The molecule has 0 unspecified atom stereocenters. The van der Waals surface area contributed by atoms with E-state index in [4.69, 9.17) is 10.2 Å². The van der Waals surface area contributed by atoms with E-state index >= 15 is 0 Å². The van der Waals surface area contributed by atoms with E-state index in [0.717, 1.165) is 0 Å². The Balaban J connectivity index is 3.14. The average molecular weight is 131 g/mol. The van der Waals surface area contributed by atoms with E-state index in [1.165, 1.54) is 6.21 Å². The van der Waals surface area contributed by atoms with Crippen molar-refractivity contribution in [2.45, 2.75) is 6.42 Å². The first kappa shape index (κ1) is 8.10. The molecule has 0 radical (unpaired) electrons. The highest BCUT2D eigenvalue weighted by molar-refractivity contribution is 5.84. The van der Waals surface area contributed by atoms with Gasteiger partial charge in [0.25, 0.3) is 0 Å². The number of aliphatic hydroxyl groups is 1. The van der Waals surface area contributed by atoms with Crippen LogP contribution < -0.4 is 0 Å². The minimum Gasteiger partial charge on any atom is -0.481 e. The van der Waals surface area contributed by atoms with Crippen LogP contribution in [0.4, 0.5) is 0 Å². The summed E-state index contributed by atoms with van der Waals surface area (Å²) in [6, 6.07) is 0. The maximum absolute atomic E-state index is 9.81. The number of nitrogens with zero attached hydrogens (tertiary/aromatic N) is 1. The van der Waals surface area contributed by atoms with Crippen LogP contribution in [0.1, 0.15) is 6.42 Å². The van der Waals surface area contributed by atoms with Crippen molar-refractivity contribution in [3.05, 3.63) is 0 Å². The number of carboxylic acids is 1. The second-order valence-electron chi connectivity index (χ2n) is 1.41. The van der Waals surface area contributed by atoms with Crippen molar-refractivity contribution >= 4 is 12.2 Å². The predicted octanol–water partition coefficient (Wildman–Crippen LogP) is -0.476. The Morgan fingerprint density at radius 3 is 2.78 bits per heavy atom. The number of carbonyl (C=O) groups is 1. The zero-order valence-electron chi connectivity index (χ0n) is 4.95. The number of hydrogen-bond acceptors (Lipinski definition) is 3. The third-order valence-electron chi connectivity index (χ3n) is 0.624. The van der Waals surface area contributed by atoms with E-state index in [1.807, 2.05) is 0 Å². The first-order chi connectivity index (χ1) is 4.27. The van der Waals surface area contributed by atoms with Crippen molar-refractivity contribution in [1.29, 1.82) is 0 Å². The lowest BCUT2D eigenvalue weighted by atomic mass is 10.5. The predicted molar refractivity (Wildman–Crippen MR) is 32.7 cm³/mol. The van der Waals surface area contributed by atoms with Crippen LogP contribution in [0.15, 0.2) is 4.99 Å². The summed E-state index contributed by atoms with van der Waals surface area (Å²) in [5.74, 6) is -0.906. The van der Waals surface area contributed by atoms with E-state index in [2.05, 4.69) is 4.99 Å². The number of aliphatic carboxylic acids is 1. The minimum atomic E-state index is -0.906. The molecule has 2 N–H and O–H groups in total. The van der Waals surface area contributed by atoms with Crippen LogP contribution in [0, 0.1) is 0 Å². The van der Waals surface area contributed by atoms with Crippen LogP contribution in [0.3, 0.4) is 0 Å². The SMILES string of the molecule is O=C(O)CC=NCCO. The summed E-state index contributed by atoms with van der Waals surface area (Å²) >= 11 is 0. The molecule has 0 amide bonds. The van der Waals surface area contributed by atoms with E-state index in [0.29, 0.717) is 0 Å². The maximum Gasteiger partial charge on any atom is 0.308 e. The van der Waals surface area contributed by atoms with E-state index < -0.39 is 5.97 Å². The van der Waals surface area contributed by atoms with Crippen LogP contribution in [0.2, 0.25) is 0 Å². The zero-order valence-corrected chi connectivity index (χ0v) is 4.95. The molecule has 4 heteroatoms. The molecule has 0 rings (SSSR count).